The lowest BCUT2D eigenvalue weighted by molar-refractivity contribution is 0.0341. The van der Waals surface area contributed by atoms with Gasteiger partial charge in [-0.05, 0) is 6.92 Å². The van der Waals surface area contributed by atoms with Gasteiger partial charge in [0.2, 0.25) is 0 Å². The Hall–Kier alpha value is -0.570. The summed E-state index contributed by atoms with van der Waals surface area (Å²) < 4.78 is 5.39. The molecule has 1 aromatic rings. The van der Waals surface area contributed by atoms with Gasteiger partial charge in [0, 0.05) is 17.8 Å². The molecule has 0 amide bonds. The zero-order chi connectivity index (χ0) is 14.1. The van der Waals surface area contributed by atoms with Crippen molar-refractivity contribution in [3.8, 4) is 0 Å². The van der Waals surface area contributed by atoms with Crippen molar-refractivity contribution >= 4 is 11.3 Å². The van der Waals surface area contributed by atoms with Gasteiger partial charge in [0.05, 0.1) is 49.8 Å². The number of nitrogens with zero attached hydrogens (tertiary/aromatic N) is 1. The Bertz CT molecular complexity index is 344. The lowest BCUT2D eigenvalue weighted by Gasteiger charge is -2.16. The van der Waals surface area contributed by atoms with E-state index in [1.54, 1.807) is 11.3 Å². The van der Waals surface area contributed by atoms with E-state index in [9.17, 15) is 5.11 Å². The number of aliphatic hydroxyl groups excluding tert-OH is 3. The number of aliphatic hydroxyl groups is 3. The Labute approximate surface area is 117 Å². The standard InChI is InChI=1S/C12H22N2O4S/c1-9-12(19-8-14-9)2-3-18-7-11(17)4-13-10(5-15)6-16/h8,10-11,13,15-17H,2-7H2,1H3. The van der Waals surface area contributed by atoms with Crippen LogP contribution >= 0.6 is 11.3 Å². The molecule has 0 saturated heterocycles. The highest BCUT2D eigenvalue weighted by Gasteiger charge is 2.09. The zero-order valence-electron chi connectivity index (χ0n) is 11.1. The van der Waals surface area contributed by atoms with E-state index in [0.29, 0.717) is 6.61 Å². The van der Waals surface area contributed by atoms with E-state index >= 15 is 0 Å². The van der Waals surface area contributed by atoms with Crippen LogP contribution < -0.4 is 5.32 Å². The maximum absolute atomic E-state index is 9.64. The molecule has 7 heteroatoms. The van der Waals surface area contributed by atoms with Crippen molar-refractivity contribution in [1.82, 2.24) is 10.3 Å². The lowest BCUT2D eigenvalue weighted by atomic mass is 10.3. The van der Waals surface area contributed by atoms with E-state index in [1.807, 2.05) is 12.4 Å². The molecule has 1 heterocycles. The highest BCUT2D eigenvalue weighted by atomic mass is 32.1. The van der Waals surface area contributed by atoms with Crippen molar-refractivity contribution in [2.45, 2.75) is 25.5 Å². The fourth-order valence-electron chi connectivity index (χ4n) is 1.50. The second-order valence-electron chi connectivity index (χ2n) is 4.31. The molecule has 0 bridgehead atoms. The summed E-state index contributed by atoms with van der Waals surface area (Å²) in [5, 5.41) is 30.2. The quantitative estimate of drug-likeness (QED) is 0.426. The van der Waals surface area contributed by atoms with Crippen molar-refractivity contribution in [1.29, 1.82) is 0 Å². The van der Waals surface area contributed by atoms with Crippen LogP contribution in [0.4, 0.5) is 0 Å². The van der Waals surface area contributed by atoms with E-state index in [4.69, 9.17) is 14.9 Å². The monoisotopic (exact) mass is 290 g/mol. The van der Waals surface area contributed by atoms with Gasteiger partial charge in [-0.15, -0.1) is 11.3 Å². The Morgan fingerprint density at radius 2 is 2.16 bits per heavy atom. The average molecular weight is 290 g/mol. The number of rotatable bonds is 10. The van der Waals surface area contributed by atoms with Crippen LogP contribution in [0.1, 0.15) is 10.6 Å². The number of ether oxygens (including phenoxy) is 1. The summed E-state index contributed by atoms with van der Waals surface area (Å²) in [6.07, 6.45) is 0.148. The third-order valence-electron chi connectivity index (χ3n) is 2.71. The molecule has 0 radical (unpaired) electrons. The van der Waals surface area contributed by atoms with E-state index < -0.39 is 12.1 Å². The Morgan fingerprint density at radius 3 is 2.74 bits per heavy atom. The van der Waals surface area contributed by atoms with Crippen LogP contribution in [0.2, 0.25) is 0 Å². The molecule has 1 unspecified atom stereocenters. The number of aromatic nitrogens is 1. The first-order chi connectivity index (χ1) is 9.17. The lowest BCUT2D eigenvalue weighted by Crippen LogP contribution is -2.41. The highest BCUT2D eigenvalue weighted by molar-refractivity contribution is 7.09. The fraction of sp³-hybridized carbons (Fsp3) is 0.750. The molecule has 19 heavy (non-hydrogen) atoms. The molecule has 0 saturated carbocycles. The molecule has 6 nitrogen and oxygen atoms in total. The summed E-state index contributed by atoms with van der Waals surface area (Å²) >= 11 is 1.61. The van der Waals surface area contributed by atoms with Crippen LogP contribution in [0, 0.1) is 6.92 Å². The van der Waals surface area contributed by atoms with Gasteiger partial charge in [-0.3, -0.25) is 0 Å². The predicted molar refractivity (Wildman–Crippen MR) is 73.3 cm³/mol. The van der Waals surface area contributed by atoms with Crippen LogP contribution in [-0.2, 0) is 11.2 Å². The largest absolute Gasteiger partial charge is 0.395 e. The molecule has 1 aromatic heterocycles. The minimum atomic E-state index is -0.650. The van der Waals surface area contributed by atoms with Crippen molar-refractivity contribution in [3.63, 3.8) is 0 Å². The van der Waals surface area contributed by atoms with Gasteiger partial charge in [-0.1, -0.05) is 0 Å². The van der Waals surface area contributed by atoms with Crippen LogP contribution in [0.25, 0.3) is 0 Å². The number of aryl methyl sites for hydroxylation is 1. The maximum atomic E-state index is 9.64. The summed E-state index contributed by atoms with van der Waals surface area (Å²) in [7, 11) is 0. The Kier molecular flexibility index (Phi) is 8.11. The van der Waals surface area contributed by atoms with Gasteiger partial charge in [0.1, 0.15) is 0 Å². The van der Waals surface area contributed by atoms with E-state index in [-0.39, 0.29) is 26.4 Å². The minimum absolute atomic E-state index is 0.158. The third-order valence-corrected chi connectivity index (χ3v) is 3.71. The molecule has 0 aliphatic carbocycles. The first-order valence-corrected chi connectivity index (χ1v) is 7.15. The molecule has 1 atom stereocenters. The van der Waals surface area contributed by atoms with Crippen molar-refractivity contribution in [2.24, 2.45) is 0 Å². The van der Waals surface area contributed by atoms with Crippen LogP contribution in [0.3, 0.4) is 0 Å². The molecular weight excluding hydrogens is 268 g/mol. The SMILES string of the molecule is Cc1ncsc1CCOCC(O)CNC(CO)CO. The summed E-state index contributed by atoms with van der Waals surface area (Å²) in [6, 6.07) is -0.394. The second-order valence-corrected chi connectivity index (χ2v) is 5.25. The summed E-state index contributed by atoms with van der Waals surface area (Å²) in [5.41, 5.74) is 2.84. The van der Waals surface area contributed by atoms with E-state index in [1.165, 1.54) is 4.88 Å². The molecular formula is C12H22N2O4S. The van der Waals surface area contributed by atoms with Crippen LogP contribution in [-0.4, -0.2) is 65.4 Å². The number of hydrogen-bond donors (Lipinski definition) is 4. The molecule has 0 spiro atoms. The van der Waals surface area contributed by atoms with E-state index in [0.717, 1.165) is 12.1 Å². The molecule has 0 aromatic carbocycles. The zero-order valence-corrected chi connectivity index (χ0v) is 11.9. The van der Waals surface area contributed by atoms with E-state index in [2.05, 4.69) is 10.3 Å². The van der Waals surface area contributed by atoms with Crippen LogP contribution in [0.5, 0.6) is 0 Å². The smallest absolute Gasteiger partial charge is 0.0897 e. The second kappa shape index (κ2) is 9.35. The van der Waals surface area contributed by atoms with Crippen molar-refractivity contribution in [3.05, 3.63) is 16.1 Å². The number of hydrogen-bond acceptors (Lipinski definition) is 7. The van der Waals surface area contributed by atoms with Gasteiger partial charge in [0.25, 0.3) is 0 Å². The molecule has 1 rings (SSSR count). The summed E-state index contributed by atoms with van der Waals surface area (Å²) in [5.74, 6) is 0. The topological polar surface area (TPSA) is 94.8 Å². The molecule has 110 valence electrons. The minimum Gasteiger partial charge on any atom is -0.395 e. The first kappa shape index (κ1) is 16.5. The van der Waals surface area contributed by atoms with Gasteiger partial charge < -0.3 is 25.4 Å². The number of thiazole rings is 1. The highest BCUT2D eigenvalue weighted by Crippen LogP contribution is 2.12. The van der Waals surface area contributed by atoms with Crippen molar-refractivity contribution in [2.75, 3.05) is 33.0 Å². The normalized spacial score (nSPS) is 13.1. The number of nitrogens with one attached hydrogen (secondary N) is 1. The molecule has 0 aliphatic rings. The van der Waals surface area contributed by atoms with Gasteiger partial charge in [0.15, 0.2) is 0 Å². The summed E-state index contributed by atoms with van der Waals surface area (Å²) in [4.78, 5) is 5.36. The third kappa shape index (κ3) is 6.42. The Morgan fingerprint density at radius 1 is 1.42 bits per heavy atom. The van der Waals surface area contributed by atoms with Gasteiger partial charge >= 0.3 is 0 Å². The van der Waals surface area contributed by atoms with Gasteiger partial charge in [-0.2, -0.15) is 0 Å². The predicted octanol–water partition coefficient (Wildman–Crippen LogP) is -0.686. The summed E-state index contributed by atoms with van der Waals surface area (Å²) in [6.45, 7) is 2.71. The van der Waals surface area contributed by atoms with Gasteiger partial charge in [-0.25, -0.2) is 4.98 Å². The average Bonchev–Trinajstić information content (AvgIpc) is 2.81. The first-order valence-electron chi connectivity index (χ1n) is 6.27. The fourth-order valence-corrected chi connectivity index (χ4v) is 2.26. The molecule has 0 fully saturated rings. The molecule has 0 aliphatic heterocycles. The van der Waals surface area contributed by atoms with Crippen LogP contribution in [0.15, 0.2) is 5.51 Å². The maximum Gasteiger partial charge on any atom is 0.0897 e. The van der Waals surface area contributed by atoms with Crippen molar-refractivity contribution < 1.29 is 20.1 Å². The Balaban J connectivity index is 2.07. The molecule has 4 N–H and O–H groups in total.